The van der Waals surface area contributed by atoms with Crippen LogP contribution < -0.4 is 10.2 Å². The number of rotatable bonds is 6. The molecule has 1 aromatic carbocycles. The zero-order valence-corrected chi connectivity index (χ0v) is 19.6. The Hall–Kier alpha value is -3.49. The molecule has 7 nitrogen and oxygen atoms in total. The molecular formula is C25H29F2N5O2. The highest BCUT2D eigenvalue weighted by Gasteiger charge is 2.34. The summed E-state index contributed by atoms with van der Waals surface area (Å²) in [6.07, 6.45) is 3.56. The number of nitrogens with zero attached hydrogens (tertiary/aromatic N) is 4. The minimum Gasteiger partial charge on any atom is -0.493 e. The quantitative estimate of drug-likeness (QED) is 0.553. The van der Waals surface area contributed by atoms with Crippen molar-refractivity contribution in [3.63, 3.8) is 0 Å². The Kier molecular flexibility index (Phi) is 6.54. The molecule has 0 bridgehead atoms. The summed E-state index contributed by atoms with van der Waals surface area (Å²) in [7, 11) is 3.94. The second-order valence-electron chi connectivity index (χ2n) is 9.10. The van der Waals surface area contributed by atoms with Crippen LogP contribution in [0.5, 0.6) is 5.88 Å². The van der Waals surface area contributed by atoms with Crippen LogP contribution in [0.4, 0.5) is 14.5 Å². The number of nitrogens with one attached hydrogen (secondary N) is 1. The summed E-state index contributed by atoms with van der Waals surface area (Å²) < 4.78 is 27.9. The Bertz CT molecular complexity index is 1160. The minimum absolute atomic E-state index is 0.0421. The van der Waals surface area contributed by atoms with Crippen molar-refractivity contribution in [3.8, 4) is 22.8 Å². The summed E-state index contributed by atoms with van der Waals surface area (Å²) in [5.41, 5.74) is 3.87. The number of pyridine rings is 1. The highest BCUT2D eigenvalue weighted by molar-refractivity contribution is 5.93. The Balaban J connectivity index is 1.43. The highest BCUT2D eigenvalue weighted by Crippen LogP contribution is 2.36. The molecule has 0 radical (unpaired) electrons. The monoisotopic (exact) mass is 469 g/mol. The van der Waals surface area contributed by atoms with Gasteiger partial charge in [0.1, 0.15) is 0 Å². The van der Waals surface area contributed by atoms with E-state index in [1.165, 1.54) is 10.9 Å². The number of hydrogen-bond donors (Lipinski definition) is 2. The third kappa shape index (κ3) is 5.03. The molecule has 9 heteroatoms. The molecule has 0 atom stereocenters. The van der Waals surface area contributed by atoms with E-state index in [0.29, 0.717) is 36.3 Å². The van der Waals surface area contributed by atoms with Crippen LogP contribution in [0.15, 0.2) is 42.7 Å². The molecule has 180 valence electrons. The van der Waals surface area contributed by atoms with E-state index < -0.39 is 5.92 Å². The molecule has 3 aromatic rings. The van der Waals surface area contributed by atoms with Gasteiger partial charge in [-0.2, -0.15) is 9.78 Å². The van der Waals surface area contributed by atoms with Crippen molar-refractivity contribution >= 4 is 11.6 Å². The van der Waals surface area contributed by atoms with E-state index in [1.807, 2.05) is 44.1 Å². The molecule has 2 N–H and O–H groups in total. The number of amides is 1. The normalized spacial score (nSPS) is 15.8. The Labute approximate surface area is 197 Å². The van der Waals surface area contributed by atoms with Gasteiger partial charge in [0, 0.05) is 45.4 Å². The van der Waals surface area contributed by atoms with Crippen LogP contribution in [0, 0.1) is 12.8 Å². The van der Waals surface area contributed by atoms with E-state index in [-0.39, 0.29) is 30.5 Å². The van der Waals surface area contributed by atoms with Crippen LogP contribution in [-0.2, 0) is 0 Å². The first-order chi connectivity index (χ1) is 16.1. The van der Waals surface area contributed by atoms with Gasteiger partial charge < -0.3 is 15.3 Å². The molecule has 0 unspecified atom stereocenters. The van der Waals surface area contributed by atoms with Crippen LogP contribution in [0.25, 0.3) is 16.9 Å². The summed E-state index contributed by atoms with van der Waals surface area (Å²) >= 11 is 0. The number of anilines is 1. The average molecular weight is 470 g/mol. The number of benzene rings is 1. The van der Waals surface area contributed by atoms with Gasteiger partial charge in [0.25, 0.3) is 5.91 Å². The van der Waals surface area contributed by atoms with Gasteiger partial charge in [-0.3, -0.25) is 4.79 Å². The van der Waals surface area contributed by atoms with Crippen molar-refractivity contribution in [2.24, 2.45) is 5.92 Å². The van der Waals surface area contributed by atoms with Gasteiger partial charge in [-0.1, -0.05) is 6.07 Å². The first kappa shape index (κ1) is 23.7. The van der Waals surface area contributed by atoms with Crippen LogP contribution in [-0.4, -0.2) is 52.3 Å². The van der Waals surface area contributed by atoms with Gasteiger partial charge in [-0.15, -0.1) is 0 Å². The number of aromatic hydroxyl groups is 1. The van der Waals surface area contributed by atoms with E-state index in [0.717, 1.165) is 16.8 Å². The van der Waals surface area contributed by atoms with Crippen molar-refractivity contribution in [1.82, 2.24) is 20.1 Å². The molecule has 1 amide bonds. The highest BCUT2D eigenvalue weighted by atomic mass is 19.3. The standard InChI is InChI=1S/C25H29F2N5O2/c1-16-12-19(31(2)3)5-6-20(16)21-15-30-32(24(21)34)22-7-4-18(14-28-22)23(33)29-13-17-8-10-25(26,27)11-9-17/h4-7,12,14-15,17,34H,8-11,13H2,1-3H3,(H,29,33). The third-order valence-electron chi connectivity index (χ3n) is 6.38. The average Bonchev–Trinajstić information content (AvgIpc) is 3.19. The molecule has 1 aliphatic rings. The Morgan fingerprint density at radius 2 is 1.91 bits per heavy atom. The van der Waals surface area contributed by atoms with E-state index in [9.17, 15) is 18.7 Å². The number of alkyl halides is 2. The van der Waals surface area contributed by atoms with Crippen molar-refractivity contribution in [2.75, 3.05) is 25.5 Å². The largest absolute Gasteiger partial charge is 0.493 e. The first-order valence-corrected chi connectivity index (χ1v) is 11.3. The van der Waals surface area contributed by atoms with E-state index in [4.69, 9.17) is 0 Å². The third-order valence-corrected chi connectivity index (χ3v) is 6.38. The molecule has 1 fully saturated rings. The Morgan fingerprint density at radius 1 is 1.18 bits per heavy atom. The molecule has 2 heterocycles. The van der Waals surface area contributed by atoms with Crippen molar-refractivity contribution < 1.29 is 18.7 Å². The van der Waals surface area contributed by atoms with Crippen molar-refractivity contribution in [2.45, 2.75) is 38.5 Å². The van der Waals surface area contributed by atoms with Gasteiger partial charge in [0.15, 0.2) is 5.82 Å². The SMILES string of the molecule is Cc1cc(N(C)C)ccc1-c1cnn(-c2ccc(C(=O)NCC3CCC(F)(F)CC3)cn2)c1O. The Morgan fingerprint density at radius 3 is 2.53 bits per heavy atom. The molecule has 0 spiro atoms. The van der Waals surface area contributed by atoms with Gasteiger partial charge >= 0.3 is 0 Å². The van der Waals surface area contributed by atoms with Gasteiger partial charge in [0.05, 0.1) is 17.3 Å². The zero-order chi connectivity index (χ0) is 24.5. The fourth-order valence-corrected chi connectivity index (χ4v) is 4.22. The minimum atomic E-state index is -2.58. The smallest absolute Gasteiger partial charge is 0.252 e. The summed E-state index contributed by atoms with van der Waals surface area (Å²) in [4.78, 5) is 18.8. The number of halogens is 2. The lowest BCUT2D eigenvalue weighted by molar-refractivity contribution is -0.0452. The van der Waals surface area contributed by atoms with Crippen molar-refractivity contribution in [1.29, 1.82) is 0 Å². The maximum Gasteiger partial charge on any atom is 0.252 e. The van der Waals surface area contributed by atoms with Crippen LogP contribution >= 0.6 is 0 Å². The van der Waals surface area contributed by atoms with E-state index in [1.54, 1.807) is 18.3 Å². The number of aryl methyl sites for hydroxylation is 1. The van der Waals surface area contributed by atoms with Gasteiger partial charge in [0.2, 0.25) is 11.8 Å². The van der Waals surface area contributed by atoms with E-state index in [2.05, 4.69) is 15.4 Å². The molecule has 4 rings (SSSR count). The predicted molar refractivity (Wildman–Crippen MR) is 127 cm³/mol. The molecule has 1 saturated carbocycles. The molecule has 2 aromatic heterocycles. The van der Waals surface area contributed by atoms with E-state index >= 15 is 0 Å². The topological polar surface area (TPSA) is 83.3 Å². The number of aromatic nitrogens is 3. The second kappa shape index (κ2) is 9.40. The van der Waals surface area contributed by atoms with Crippen LogP contribution in [0.3, 0.4) is 0 Å². The van der Waals surface area contributed by atoms with Crippen LogP contribution in [0.2, 0.25) is 0 Å². The van der Waals surface area contributed by atoms with Crippen molar-refractivity contribution in [3.05, 3.63) is 53.9 Å². The maximum absolute atomic E-state index is 13.3. The molecule has 0 saturated heterocycles. The maximum atomic E-state index is 13.3. The lowest BCUT2D eigenvalue weighted by atomic mass is 9.87. The number of hydrogen-bond acceptors (Lipinski definition) is 5. The molecule has 0 aliphatic heterocycles. The summed E-state index contributed by atoms with van der Waals surface area (Å²) in [5, 5.41) is 17.9. The molecule has 1 aliphatic carbocycles. The summed E-state index contributed by atoms with van der Waals surface area (Å²) in [6.45, 7) is 2.34. The lowest BCUT2D eigenvalue weighted by Crippen LogP contribution is -2.33. The zero-order valence-electron chi connectivity index (χ0n) is 19.6. The second-order valence-corrected chi connectivity index (χ2v) is 9.10. The molecule has 34 heavy (non-hydrogen) atoms. The molecular weight excluding hydrogens is 440 g/mol. The van der Waals surface area contributed by atoms with Gasteiger partial charge in [-0.25, -0.2) is 13.8 Å². The number of carbonyl (C=O) groups is 1. The number of carbonyl (C=O) groups excluding carboxylic acids is 1. The summed E-state index contributed by atoms with van der Waals surface area (Å²) in [5.74, 6) is -2.49. The fourth-order valence-electron chi connectivity index (χ4n) is 4.22. The summed E-state index contributed by atoms with van der Waals surface area (Å²) in [6, 6.07) is 9.17. The first-order valence-electron chi connectivity index (χ1n) is 11.3. The predicted octanol–water partition coefficient (Wildman–Crippen LogP) is 4.57. The van der Waals surface area contributed by atoms with Gasteiger partial charge in [-0.05, 0) is 61.1 Å². The fraction of sp³-hybridized carbons (Fsp3) is 0.400. The van der Waals surface area contributed by atoms with Crippen LogP contribution in [0.1, 0.15) is 41.6 Å². The lowest BCUT2D eigenvalue weighted by Gasteiger charge is -2.28.